The Morgan fingerprint density at radius 2 is 1.90 bits per heavy atom. The van der Waals surface area contributed by atoms with Crippen LogP contribution in [0.2, 0.25) is 5.15 Å². The number of nitrogens with one attached hydrogen (secondary N) is 1. The van der Waals surface area contributed by atoms with Crippen LogP contribution in [0.5, 0.6) is 5.75 Å². The first-order valence-electron chi connectivity index (χ1n) is 7.87. The molecule has 1 aromatic heterocycles. The third-order valence-electron chi connectivity index (χ3n) is 3.23. The van der Waals surface area contributed by atoms with Crippen LogP contribution in [0.4, 0.5) is 26.3 Å². The number of alkyl halides is 6. The summed E-state index contributed by atoms with van der Waals surface area (Å²) in [6.45, 7) is -3.35. The normalized spacial score (nSPS) is 12.8. The van der Waals surface area contributed by atoms with E-state index in [9.17, 15) is 39.6 Å². The predicted molar refractivity (Wildman–Crippen MR) is 91.3 cm³/mol. The Bertz CT molecular complexity index is 834. The number of methoxy groups -OCH3 is 1. The van der Waals surface area contributed by atoms with Gasteiger partial charge in [0.25, 0.3) is 5.91 Å². The number of hydrogen-bond donors (Lipinski definition) is 1. The van der Waals surface area contributed by atoms with Crippen molar-refractivity contribution in [1.29, 1.82) is 0 Å². The van der Waals surface area contributed by atoms with Crippen LogP contribution in [0.1, 0.15) is 16.8 Å². The topological polar surface area (TPSA) is 97.8 Å². The summed E-state index contributed by atoms with van der Waals surface area (Å²) < 4.78 is 107. The molecule has 1 rings (SSSR count). The molecule has 0 saturated heterocycles. The largest absolute Gasteiger partial charge is 0.511 e. The molecule has 0 aromatic carbocycles. The maximum absolute atomic E-state index is 12.6. The molecular formula is C14H16ClF6N3O5S. The van der Waals surface area contributed by atoms with Crippen molar-refractivity contribution in [1.82, 2.24) is 14.6 Å². The molecule has 30 heavy (non-hydrogen) atoms. The van der Waals surface area contributed by atoms with E-state index >= 15 is 0 Å². The molecule has 1 heterocycles. The van der Waals surface area contributed by atoms with Gasteiger partial charge in [-0.05, 0) is 12.5 Å². The lowest BCUT2D eigenvalue weighted by atomic mass is 10.2. The standard InChI is InChI=1S/C14H16ClF6N3O5S/c1-28-8-24(30(26,27)14(19,20)21)3-2-4-29-9-5-10(11(15)22-6-9)12(25)23-7-13(16,17)18/h5-6H,2-4,7-8H2,1H3,(H,23,25). The maximum atomic E-state index is 12.6. The van der Waals surface area contributed by atoms with Crippen molar-refractivity contribution in [3.05, 3.63) is 23.0 Å². The highest BCUT2D eigenvalue weighted by Crippen LogP contribution is 2.27. The number of rotatable bonds is 10. The van der Waals surface area contributed by atoms with Crippen LogP contribution in [-0.4, -0.2) is 68.8 Å². The Balaban J connectivity index is 2.71. The fourth-order valence-corrected chi connectivity index (χ4v) is 3.01. The summed E-state index contributed by atoms with van der Waals surface area (Å²) in [5, 5.41) is 1.20. The monoisotopic (exact) mass is 487 g/mol. The zero-order chi connectivity index (χ0) is 23.2. The van der Waals surface area contributed by atoms with Crippen LogP contribution < -0.4 is 10.1 Å². The summed E-state index contributed by atoms with van der Waals surface area (Å²) in [6, 6.07) is 0.987. The van der Waals surface area contributed by atoms with E-state index in [0.29, 0.717) is 0 Å². The third-order valence-corrected chi connectivity index (χ3v) is 5.09. The van der Waals surface area contributed by atoms with E-state index in [4.69, 9.17) is 16.3 Å². The van der Waals surface area contributed by atoms with Gasteiger partial charge in [-0.2, -0.15) is 30.6 Å². The van der Waals surface area contributed by atoms with Gasteiger partial charge in [0.05, 0.1) is 18.4 Å². The van der Waals surface area contributed by atoms with Gasteiger partial charge in [0, 0.05) is 13.7 Å². The van der Waals surface area contributed by atoms with Crippen molar-refractivity contribution in [2.75, 3.05) is 33.5 Å². The number of ether oxygens (including phenoxy) is 2. The van der Waals surface area contributed by atoms with Gasteiger partial charge in [-0.25, -0.2) is 13.4 Å². The second kappa shape index (κ2) is 10.5. The zero-order valence-corrected chi connectivity index (χ0v) is 16.8. The Kier molecular flexibility index (Phi) is 9.13. The minimum absolute atomic E-state index is 0.0620. The lowest BCUT2D eigenvalue weighted by Gasteiger charge is -2.22. The van der Waals surface area contributed by atoms with Gasteiger partial charge in [-0.1, -0.05) is 11.6 Å². The minimum atomic E-state index is -5.61. The van der Waals surface area contributed by atoms with Crippen molar-refractivity contribution >= 4 is 27.5 Å². The molecule has 1 aromatic rings. The molecule has 0 saturated carbocycles. The minimum Gasteiger partial charge on any atom is -0.492 e. The van der Waals surface area contributed by atoms with Gasteiger partial charge in [0.2, 0.25) is 0 Å². The quantitative estimate of drug-likeness (QED) is 0.236. The molecule has 0 atom stereocenters. The maximum Gasteiger partial charge on any atom is 0.511 e. The number of hydrogen-bond acceptors (Lipinski definition) is 6. The molecule has 0 aliphatic carbocycles. The number of carbonyl (C=O) groups is 1. The number of amides is 1. The Morgan fingerprint density at radius 3 is 2.43 bits per heavy atom. The second-order valence-corrected chi connectivity index (χ2v) is 7.84. The second-order valence-electron chi connectivity index (χ2n) is 5.55. The molecule has 0 aliphatic heterocycles. The van der Waals surface area contributed by atoms with E-state index in [1.807, 2.05) is 0 Å². The van der Waals surface area contributed by atoms with Gasteiger partial charge < -0.3 is 14.8 Å². The highest BCUT2D eigenvalue weighted by Gasteiger charge is 2.49. The number of carbonyl (C=O) groups excluding carboxylic acids is 1. The molecule has 16 heteroatoms. The lowest BCUT2D eigenvalue weighted by Crippen LogP contribution is -2.42. The van der Waals surface area contributed by atoms with Crippen molar-refractivity contribution < 1.29 is 49.0 Å². The van der Waals surface area contributed by atoms with Gasteiger partial charge in [0.1, 0.15) is 24.2 Å². The Morgan fingerprint density at radius 1 is 1.27 bits per heavy atom. The van der Waals surface area contributed by atoms with E-state index in [1.165, 1.54) is 0 Å². The summed E-state index contributed by atoms with van der Waals surface area (Å²) in [5.41, 5.74) is -5.93. The van der Waals surface area contributed by atoms with E-state index in [1.54, 1.807) is 5.32 Å². The Labute approximate surface area is 172 Å². The van der Waals surface area contributed by atoms with Gasteiger partial charge in [-0.3, -0.25) is 4.79 Å². The molecule has 0 radical (unpaired) electrons. The summed E-state index contributed by atoms with van der Waals surface area (Å²) in [5.74, 6) is -1.29. The van der Waals surface area contributed by atoms with Crippen LogP contribution in [0.3, 0.4) is 0 Å². The van der Waals surface area contributed by atoms with Crippen molar-refractivity contribution in [2.24, 2.45) is 0 Å². The predicted octanol–water partition coefficient (Wildman–Crippen LogP) is 2.55. The van der Waals surface area contributed by atoms with Gasteiger partial charge >= 0.3 is 21.7 Å². The van der Waals surface area contributed by atoms with E-state index in [0.717, 1.165) is 19.4 Å². The molecule has 0 fully saturated rings. The molecule has 172 valence electrons. The van der Waals surface area contributed by atoms with Crippen molar-refractivity contribution in [3.8, 4) is 5.75 Å². The summed E-state index contributed by atoms with van der Waals surface area (Å²) in [6.07, 6.45) is -3.83. The summed E-state index contributed by atoms with van der Waals surface area (Å²) in [4.78, 5) is 15.4. The van der Waals surface area contributed by atoms with Crippen LogP contribution in [0.15, 0.2) is 12.3 Å². The van der Waals surface area contributed by atoms with Crippen LogP contribution in [0, 0.1) is 0 Å². The number of pyridine rings is 1. The summed E-state index contributed by atoms with van der Waals surface area (Å²) >= 11 is 5.67. The number of nitrogens with zero attached hydrogens (tertiary/aromatic N) is 2. The molecule has 0 bridgehead atoms. The van der Waals surface area contributed by atoms with Crippen molar-refractivity contribution in [3.63, 3.8) is 0 Å². The van der Waals surface area contributed by atoms with E-state index in [-0.39, 0.29) is 23.1 Å². The van der Waals surface area contributed by atoms with Crippen LogP contribution >= 0.6 is 11.6 Å². The first-order chi connectivity index (χ1) is 13.7. The van der Waals surface area contributed by atoms with Gasteiger partial charge in [-0.15, -0.1) is 0 Å². The molecule has 0 spiro atoms. The highest BCUT2D eigenvalue weighted by molar-refractivity contribution is 7.89. The van der Waals surface area contributed by atoms with Crippen LogP contribution in [-0.2, 0) is 14.8 Å². The molecular weight excluding hydrogens is 472 g/mol. The number of halogens is 7. The Hall–Kier alpha value is -1.84. The fourth-order valence-electron chi connectivity index (χ4n) is 1.92. The van der Waals surface area contributed by atoms with Crippen LogP contribution in [0.25, 0.3) is 0 Å². The first-order valence-corrected chi connectivity index (χ1v) is 9.69. The number of aromatic nitrogens is 1. The number of sulfonamides is 1. The molecule has 0 unspecified atom stereocenters. The average molecular weight is 488 g/mol. The fraction of sp³-hybridized carbons (Fsp3) is 0.571. The van der Waals surface area contributed by atoms with Gasteiger partial charge in [0.15, 0.2) is 0 Å². The van der Waals surface area contributed by atoms with E-state index in [2.05, 4.69) is 9.72 Å². The van der Waals surface area contributed by atoms with Crippen molar-refractivity contribution in [2.45, 2.75) is 18.1 Å². The molecule has 0 aliphatic rings. The SMILES string of the molecule is COCN(CCCOc1cnc(Cl)c(C(=O)NCC(F)(F)F)c1)S(=O)(=O)C(F)(F)F. The third kappa shape index (κ3) is 7.77. The molecule has 1 N–H and O–H groups in total. The highest BCUT2D eigenvalue weighted by atomic mass is 35.5. The average Bonchev–Trinajstić information content (AvgIpc) is 2.61. The first kappa shape index (κ1) is 26.2. The molecule has 8 nitrogen and oxygen atoms in total. The summed E-state index contributed by atoms with van der Waals surface area (Å²) in [7, 11) is -4.60. The molecule has 1 amide bonds. The smallest absolute Gasteiger partial charge is 0.492 e. The lowest BCUT2D eigenvalue weighted by molar-refractivity contribution is -0.123. The zero-order valence-electron chi connectivity index (χ0n) is 15.2. The van der Waals surface area contributed by atoms with E-state index < -0.39 is 58.2 Å².